The maximum absolute atomic E-state index is 11.9. The van der Waals surface area contributed by atoms with Crippen LogP contribution >= 0.6 is 0 Å². The topological polar surface area (TPSA) is 70.7 Å². The third-order valence-corrected chi connectivity index (χ3v) is 3.16. The van der Waals surface area contributed by atoms with Crippen molar-refractivity contribution in [2.75, 3.05) is 25.1 Å². The Morgan fingerprint density at radius 1 is 1.22 bits per heavy atom. The van der Waals surface area contributed by atoms with Gasteiger partial charge >= 0.3 is 6.03 Å². The van der Waals surface area contributed by atoms with Gasteiger partial charge in [-0.2, -0.15) is 0 Å². The van der Waals surface area contributed by atoms with E-state index in [4.69, 9.17) is 4.74 Å². The number of hydrogen-bond donors (Lipinski definition) is 2. The van der Waals surface area contributed by atoms with E-state index in [0.29, 0.717) is 12.3 Å². The van der Waals surface area contributed by atoms with Crippen LogP contribution in [0, 0.1) is 0 Å². The van der Waals surface area contributed by atoms with Gasteiger partial charge in [-0.3, -0.25) is 9.69 Å². The summed E-state index contributed by atoms with van der Waals surface area (Å²) in [5.74, 6) is 0.466. The van der Waals surface area contributed by atoms with Crippen LogP contribution in [-0.4, -0.2) is 38.2 Å². The molecule has 6 nitrogen and oxygen atoms in total. The average Bonchev–Trinajstić information content (AvgIpc) is 2.52. The first-order chi connectivity index (χ1) is 10.9. The number of anilines is 1. The van der Waals surface area contributed by atoms with Gasteiger partial charge in [0, 0.05) is 25.3 Å². The molecule has 0 saturated carbocycles. The van der Waals surface area contributed by atoms with Gasteiger partial charge in [-0.15, -0.1) is 0 Å². The molecule has 0 spiro atoms. The van der Waals surface area contributed by atoms with E-state index in [1.165, 1.54) is 4.90 Å². The van der Waals surface area contributed by atoms with Crippen LogP contribution in [0.2, 0.25) is 0 Å². The molecule has 0 aliphatic heterocycles. The van der Waals surface area contributed by atoms with Crippen molar-refractivity contribution in [3.8, 4) is 5.75 Å². The molecule has 1 rings (SSSR count). The Kier molecular flexibility index (Phi) is 7.94. The molecule has 1 aromatic rings. The van der Waals surface area contributed by atoms with Crippen molar-refractivity contribution in [2.45, 2.75) is 39.7 Å². The van der Waals surface area contributed by atoms with Crippen LogP contribution in [0.4, 0.5) is 10.5 Å². The fourth-order valence-corrected chi connectivity index (χ4v) is 1.83. The smallest absolute Gasteiger partial charge is 0.321 e. The average molecular weight is 321 g/mol. The van der Waals surface area contributed by atoms with Crippen molar-refractivity contribution >= 4 is 17.6 Å². The van der Waals surface area contributed by atoms with Crippen molar-refractivity contribution in [3.63, 3.8) is 0 Å². The fraction of sp³-hybridized carbons (Fsp3) is 0.529. The van der Waals surface area contributed by atoms with Crippen LogP contribution in [0.5, 0.6) is 5.75 Å². The predicted octanol–water partition coefficient (Wildman–Crippen LogP) is 2.54. The number of carbonyl (C=O) groups is 2. The van der Waals surface area contributed by atoms with Gasteiger partial charge in [0.25, 0.3) is 5.91 Å². The molecule has 0 fully saturated rings. The Hall–Kier alpha value is -2.24. The normalized spacial score (nSPS) is 10.3. The first-order valence-electron chi connectivity index (χ1n) is 7.97. The zero-order valence-corrected chi connectivity index (χ0v) is 14.4. The molecule has 0 aliphatic carbocycles. The number of rotatable bonds is 8. The molecular weight excluding hydrogens is 294 g/mol. The van der Waals surface area contributed by atoms with Gasteiger partial charge < -0.3 is 15.4 Å². The summed E-state index contributed by atoms with van der Waals surface area (Å²) in [4.78, 5) is 25.0. The van der Waals surface area contributed by atoms with E-state index in [2.05, 4.69) is 17.6 Å². The Labute approximate surface area is 138 Å². The lowest BCUT2D eigenvalue weighted by Crippen LogP contribution is -2.40. The van der Waals surface area contributed by atoms with Crippen LogP contribution in [0.1, 0.15) is 33.6 Å². The van der Waals surface area contributed by atoms with Crippen LogP contribution in [-0.2, 0) is 4.79 Å². The van der Waals surface area contributed by atoms with Crippen molar-refractivity contribution < 1.29 is 14.3 Å². The minimum absolute atomic E-state index is 0.00721. The lowest BCUT2D eigenvalue weighted by molar-refractivity contribution is -0.123. The minimum atomic E-state index is -0.163. The highest BCUT2D eigenvalue weighted by molar-refractivity contribution is 5.91. The van der Waals surface area contributed by atoms with Gasteiger partial charge in [0.2, 0.25) is 0 Å². The summed E-state index contributed by atoms with van der Waals surface area (Å²) in [6, 6.07) is 6.97. The fourth-order valence-electron chi connectivity index (χ4n) is 1.83. The molecular formula is C17H27N3O3. The second kappa shape index (κ2) is 9.71. The molecule has 128 valence electrons. The third kappa shape index (κ3) is 7.04. The first-order valence-corrected chi connectivity index (χ1v) is 7.97. The summed E-state index contributed by atoms with van der Waals surface area (Å²) >= 11 is 0. The summed E-state index contributed by atoms with van der Waals surface area (Å²) in [6.07, 6.45) is 2.01. The van der Waals surface area contributed by atoms with Crippen LogP contribution in [0.25, 0.3) is 0 Å². The van der Waals surface area contributed by atoms with Crippen molar-refractivity contribution in [3.05, 3.63) is 24.3 Å². The van der Waals surface area contributed by atoms with E-state index >= 15 is 0 Å². The molecule has 23 heavy (non-hydrogen) atoms. The highest BCUT2D eigenvalue weighted by atomic mass is 16.5. The lowest BCUT2D eigenvalue weighted by atomic mass is 10.3. The van der Waals surface area contributed by atoms with Crippen molar-refractivity contribution in [2.24, 2.45) is 0 Å². The summed E-state index contributed by atoms with van der Waals surface area (Å²) in [5.41, 5.74) is 0.753. The van der Waals surface area contributed by atoms with Crippen LogP contribution < -0.4 is 20.3 Å². The SMILES string of the molecule is CCCCNC(=O)COc1ccc(N(C)C(=O)NC(C)C)cc1. The Morgan fingerprint density at radius 3 is 2.43 bits per heavy atom. The van der Waals surface area contributed by atoms with E-state index in [-0.39, 0.29) is 24.6 Å². The van der Waals surface area contributed by atoms with Crippen LogP contribution in [0.15, 0.2) is 24.3 Å². The van der Waals surface area contributed by atoms with Crippen molar-refractivity contribution in [1.29, 1.82) is 0 Å². The summed E-state index contributed by atoms with van der Waals surface area (Å²) < 4.78 is 5.43. The third-order valence-electron chi connectivity index (χ3n) is 3.16. The van der Waals surface area contributed by atoms with E-state index in [0.717, 1.165) is 18.5 Å². The molecule has 2 N–H and O–H groups in total. The van der Waals surface area contributed by atoms with E-state index in [1.807, 2.05) is 13.8 Å². The standard InChI is InChI=1S/C17H27N3O3/c1-5-6-11-18-16(21)12-23-15-9-7-14(8-10-15)20(4)17(22)19-13(2)3/h7-10,13H,5-6,11-12H2,1-4H3,(H,18,21)(H,19,22). The zero-order valence-electron chi connectivity index (χ0n) is 14.4. The van der Waals surface area contributed by atoms with Gasteiger partial charge in [0.05, 0.1) is 0 Å². The van der Waals surface area contributed by atoms with E-state index in [9.17, 15) is 9.59 Å². The second-order valence-corrected chi connectivity index (χ2v) is 5.65. The number of urea groups is 1. The molecule has 0 atom stereocenters. The highest BCUT2D eigenvalue weighted by Crippen LogP contribution is 2.18. The molecule has 0 unspecified atom stereocenters. The molecule has 0 saturated heterocycles. The molecule has 0 heterocycles. The summed E-state index contributed by atoms with van der Waals surface area (Å²) in [7, 11) is 1.70. The quantitative estimate of drug-likeness (QED) is 0.723. The molecule has 0 radical (unpaired) electrons. The summed E-state index contributed by atoms with van der Waals surface area (Å²) in [5, 5.41) is 5.61. The maximum Gasteiger partial charge on any atom is 0.321 e. The van der Waals surface area contributed by atoms with Gasteiger partial charge in [0.1, 0.15) is 5.75 Å². The zero-order chi connectivity index (χ0) is 17.2. The Morgan fingerprint density at radius 2 is 1.87 bits per heavy atom. The van der Waals surface area contributed by atoms with Gasteiger partial charge in [-0.05, 0) is 44.5 Å². The first kappa shape index (κ1) is 18.8. The summed E-state index contributed by atoms with van der Waals surface area (Å²) in [6.45, 7) is 6.56. The highest BCUT2D eigenvalue weighted by Gasteiger charge is 2.11. The number of nitrogens with zero attached hydrogens (tertiary/aromatic N) is 1. The second-order valence-electron chi connectivity index (χ2n) is 5.65. The number of benzene rings is 1. The predicted molar refractivity (Wildman–Crippen MR) is 91.9 cm³/mol. The van der Waals surface area contributed by atoms with Gasteiger partial charge in [-0.25, -0.2) is 4.79 Å². The van der Waals surface area contributed by atoms with E-state index < -0.39 is 0 Å². The molecule has 0 aromatic heterocycles. The Bertz CT molecular complexity index is 500. The molecule has 1 aromatic carbocycles. The number of amides is 3. The monoisotopic (exact) mass is 321 g/mol. The Balaban J connectivity index is 2.47. The number of hydrogen-bond acceptors (Lipinski definition) is 3. The molecule has 0 aliphatic rings. The van der Waals surface area contributed by atoms with E-state index in [1.54, 1.807) is 31.3 Å². The van der Waals surface area contributed by atoms with Crippen LogP contribution in [0.3, 0.4) is 0 Å². The number of ether oxygens (including phenoxy) is 1. The number of nitrogens with one attached hydrogen (secondary N) is 2. The van der Waals surface area contributed by atoms with Gasteiger partial charge in [0.15, 0.2) is 6.61 Å². The minimum Gasteiger partial charge on any atom is -0.484 e. The number of unbranched alkanes of at least 4 members (excludes halogenated alkanes) is 1. The van der Waals surface area contributed by atoms with Gasteiger partial charge in [-0.1, -0.05) is 13.3 Å². The molecule has 0 bridgehead atoms. The lowest BCUT2D eigenvalue weighted by Gasteiger charge is -2.20. The van der Waals surface area contributed by atoms with Crippen molar-refractivity contribution in [1.82, 2.24) is 10.6 Å². The maximum atomic E-state index is 11.9. The molecule has 3 amide bonds. The molecule has 6 heteroatoms. The number of carbonyl (C=O) groups excluding carboxylic acids is 2. The largest absolute Gasteiger partial charge is 0.484 e.